The lowest BCUT2D eigenvalue weighted by Gasteiger charge is -2.26. The molecular formula is C26H24ClN5O3. The number of amides is 2. The topological polar surface area (TPSA) is 88.8 Å². The van der Waals surface area contributed by atoms with Gasteiger partial charge in [-0.15, -0.1) is 0 Å². The van der Waals surface area contributed by atoms with E-state index in [2.05, 4.69) is 15.4 Å². The van der Waals surface area contributed by atoms with Gasteiger partial charge in [-0.25, -0.2) is 9.50 Å². The van der Waals surface area contributed by atoms with Crippen LogP contribution in [0.25, 0.3) is 16.8 Å². The molecule has 1 aliphatic heterocycles. The summed E-state index contributed by atoms with van der Waals surface area (Å²) in [6.07, 6.45) is 6.55. The summed E-state index contributed by atoms with van der Waals surface area (Å²) in [6, 6.07) is 16.1. The van der Waals surface area contributed by atoms with Crippen LogP contribution < -0.4 is 10.1 Å². The number of fused-ring (bicyclic) bond motifs is 1. The van der Waals surface area contributed by atoms with Crippen LogP contribution in [0.3, 0.4) is 0 Å². The molecule has 2 amide bonds. The quantitative estimate of drug-likeness (QED) is 0.424. The lowest BCUT2D eigenvalue weighted by molar-refractivity contribution is -0.118. The van der Waals surface area contributed by atoms with Crippen molar-refractivity contribution in [2.24, 2.45) is 0 Å². The number of nitrogens with one attached hydrogen (secondary N) is 1. The number of likely N-dealkylation sites (tertiary alicyclic amines) is 1. The molecule has 0 radical (unpaired) electrons. The maximum Gasteiger partial charge on any atom is 0.263 e. The van der Waals surface area contributed by atoms with E-state index in [1.165, 1.54) is 6.42 Å². The van der Waals surface area contributed by atoms with Gasteiger partial charge < -0.3 is 15.0 Å². The predicted octanol–water partition coefficient (Wildman–Crippen LogP) is 4.69. The molecule has 4 heterocycles. The van der Waals surface area contributed by atoms with E-state index in [-0.39, 0.29) is 18.4 Å². The number of halogens is 1. The van der Waals surface area contributed by atoms with Crippen LogP contribution in [0.4, 0.5) is 5.82 Å². The first-order valence-electron chi connectivity index (χ1n) is 11.5. The van der Waals surface area contributed by atoms with Crippen LogP contribution in [0.2, 0.25) is 5.02 Å². The summed E-state index contributed by atoms with van der Waals surface area (Å²) in [7, 11) is 0. The Morgan fingerprint density at radius 3 is 2.51 bits per heavy atom. The molecule has 0 bridgehead atoms. The van der Waals surface area contributed by atoms with Gasteiger partial charge in [0.1, 0.15) is 11.6 Å². The van der Waals surface area contributed by atoms with Crippen LogP contribution in [-0.4, -0.2) is 51.0 Å². The lowest BCUT2D eigenvalue weighted by Crippen LogP contribution is -2.35. The highest BCUT2D eigenvalue weighted by atomic mass is 35.5. The Morgan fingerprint density at radius 1 is 0.971 bits per heavy atom. The number of ether oxygens (including phenoxy) is 1. The molecule has 8 nitrogen and oxygen atoms in total. The minimum absolute atomic E-state index is 0.0221. The molecule has 0 spiro atoms. The van der Waals surface area contributed by atoms with E-state index < -0.39 is 0 Å². The van der Waals surface area contributed by atoms with Crippen LogP contribution in [0, 0.1) is 0 Å². The zero-order valence-electron chi connectivity index (χ0n) is 19.0. The Balaban J connectivity index is 1.28. The Bertz CT molecular complexity index is 1350. The van der Waals surface area contributed by atoms with Crippen molar-refractivity contribution in [3.63, 3.8) is 0 Å². The minimum Gasteiger partial charge on any atom is -0.484 e. The molecule has 0 saturated carbocycles. The molecule has 1 aliphatic rings. The number of hydrogen-bond acceptors (Lipinski definition) is 5. The summed E-state index contributed by atoms with van der Waals surface area (Å²) in [5, 5.41) is 7.81. The molecule has 0 aliphatic carbocycles. The largest absolute Gasteiger partial charge is 0.484 e. The van der Waals surface area contributed by atoms with Crippen LogP contribution in [0.5, 0.6) is 5.75 Å². The van der Waals surface area contributed by atoms with Gasteiger partial charge in [0.2, 0.25) is 0 Å². The molecule has 4 aromatic rings. The molecular weight excluding hydrogens is 466 g/mol. The van der Waals surface area contributed by atoms with Crippen LogP contribution in [-0.2, 0) is 4.79 Å². The highest BCUT2D eigenvalue weighted by Gasteiger charge is 2.22. The number of rotatable bonds is 6. The van der Waals surface area contributed by atoms with Gasteiger partial charge in [-0.1, -0.05) is 17.7 Å². The third-order valence-corrected chi connectivity index (χ3v) is 6.18. The van der Waals surface area contributed by atoms with Crippen molar-refractivity contribution in [3.8, 4) is 17.0 Å². The summed E-state index contributed by atoms with van der Waals surface area (Å²) < 4.78 is 7.22. The molecule has 1 fully saturated rings. The summed E-state index contributed by atoms with van der Waals surface area (Å²) in [6.45, 7) is 1.43. The molecule has 5 rings (SSSR count). The number of benzene rings is 1. The number of anilines is 1. The second-order valence-electron chi connectivity index (χ2n) is 8.34. The number of carbonyl (C=O) groups excluding carboxylic acids is 2. The standard InChI is InChI=1S/C26H24ClN5O3/c27-19-8-10-20(11-9-19)35-17-25(33)30-24-12-7-18(15-28-24)22-5-4-6-23-21(16-29-32(22)23)26(34)31-13-2-1-3-14-31/h4-12,15-16H,1-3,13-14,17H2,(H,28,30,33). The van der Waals surface area contributed by atoms with Gasteiger partial charge in [0, 0.05) is 29.9 Å². The van der Waals surface area contributed by atoms with Crippen molar-refractivity contribution in [3.05, 3.63) is 77.6 Å². The zero-order valence-corrected chi connectivity index (χ0v) is 19.7. The lowest BCUT2D eigenvalue weighted by atomic mass is 10.1. The molecule has 9 heteroatoms. The SMILES string of the molecule is O=C(COc1ccc(Cl)cc1)Nc1ccc(-c2cccc3c(C(=O)N4CCCCC4)cnn23)cn1. The third kappa shape index (κ3) is 5.12. The second kappa shape index (κ2) is 10.1. The highest BCUT2D eigenvalue weighted by Crippen LogP contribution is 2.24. The molecule has 0 atom stereocenters. The third-order valence-electron chi connectivity index (χ3n) is 5.93. The number of hydrogen-bond donors (Lipinski definition) is 1. The first-order valence-corrected chi connectivity index (χ1v) is 11.9. The molecule has 0 unspecified atom stereocenters. The van der Waals surface area contributed by atoms with E-state index in [4.69, 9.17) is 16.3 Å². The van der Waals surface area contributed by atoms with Gasteiger partial charge in [-0.05, 0) is 67.8 Å². The Hall–Kier alpha value is -3.91. The summed E-state index contributed by atoms with van der Waals surface area (Å²) >= 11 is 5.85. The fraction of sp³-hybridized carbons (Fsp3) is 0.231. The summed E-state index contributed by atoms with van der Waals surface area (Å²) in [5.74, 6) is 0.662. The normalized spacial score (nSPS) is 13.6. The van der Waals surface area contributed by atoms with Crippen molar-refractivity contribution in [1.29, 1.82) is 0 Å². The summed E-state index contributed by atoms with van der Waals surface area (Å²) in [5.41, 5.74) is 2.98. The Morgan fingerprint density at radius 2 is 1.77 bits per heavy atom. The molecule has 1 saturated heterocycles. The number of pyridine rings is 2. The minimum atomic E-state index is -0.324. The fourth-order valence-electron chi connectivity index (χ4n) is 4.14. The van der Waals surface area contributed by atoms with Gasteiger partial charge in [-0.2, -0.15) is 5.10 Å². The number of piperidine rings is 1. The van der Waals surface area contributed by atoms with Crippen LogP contribution in [0.15, 0.2) is 67.0 Å². The average Bonchev–Trinajstić information content (AvgIpc) is 3.33. The van der Waals surface area contributed by atoms with E-state index in [9.17, 15) is 9.59 Å². The zero-order chi connectivity index (χ0) is 24.2. The fourth-order valence-corrected chi connectivity index (χ4v) is 4.27. The number of nitrogens with zero attached hydrogens (tertiary/aromatic N) is 4. The molecule has 178 valence electrons. The van der Waals surface area contributed by atoms with Gasteiger partial charge in [0.25, 0.3) is 11.8 Å². The van der Waals surface area contributed by atoms with Crippen molar-refractivity contribution in [1.82, 2.24) is 19.5 Å². The molecule has 3 aromatic heterocycles. The monoisotopic (exact) mass is 489 g/mol. The van der Waals surface area contributed by atoms with Crippen molar-refractivity contribution in [2.45, 2.75) is 19.3 Å². The predicted molar refractivity (Wildman–Crippen MR) is 134 cm³/mol. The average molecular weight is 490 g/mol. The van der Waals surface area contributed by atoms with E-state index in [1.807, 2.05) is 29.2 Å². The first-order chi connectivity index (χ1) is 17.1. The second-order valence-corrected chi connectivity index (χ2v) is 8.78. The van der Waals surface area contributed by atoms with Crippen LogP contribution in [0.1, 0.15) is 29.6 Å². The van der Waals surface area contributed by atoms with Crippen molar-refractivity contribution < 1.29 is 14.3 Å². The highest BCUT2D eigenvalue weighted by molar-refractivity contribution is 6.30. The Kier molecular flexibility index (Phi) is 6.63. The van der Waals surface area contributed by atoms with Gasteiger partial charge >= 0.3 is 0 Å². The number of carbonyl (C=O) groups is 2. The van der Waals surface area contributed by atoms with Crippen molar-refractivity contribution >= 4 is 34.7 Å². The molecule has 1 N–H and O–H groups in total. The van der Waals surface area contributed by atoms with E-state index in [1.54, 1.807) is 47.2 Å². The van der Waals surface area contributed by atoms with E-state index in [0.717, 1.165) is 42.7 Å². The molecule has 1 aromatic carbocycles. The van der Waals surface area contributed by atoms with Gasteiger partial charge in [0.05, 0.1) is 23.0 Å². The first kappa shape index (κ1) is 22.9. The smallest absolute Gasteiger partial charge is 0.263 e. The van der Waals surface area contributed by atoms with Crippen LogP contribution >= 0.6 is 11.6 Å². The summed E-state index contributed by atoms with van der Waals surface area (Å²) in [4.78, 5) is 31.5. The maximum absolute atomic E-state index is 13.0. The Labute approximate surface area is 207 Å². The maximum atomic E-state index is 13.0. The van der Waals surface area contributed by atoms with Crippen molar-refractivity contribution in [2.75, 3.05) is 25.0 Å². The number of aromatic nitrogens is 3. The van der Waals surface area contributed by atoms with Gasteiger partial charge in [0.15, 0.2) is 6.61 Å². The van der Waals surface area contributed by atoms with E-state index in [0.29, 0.717) is 22.2 Å². The van der Waals surface area contributed by atoms with Gasteiger partial charge in [-0.3, -0.25) is 9.59 Å². The molecule has 35 heavy (non-hydrogen) atoms. The van der Waals surface area contributed by atoms with E-state index >= 15 is 0 Å².